The van der Waals surface area contributed by atoms with Crippen molar-refractivity contribution < 1.29 is 0 Å². The Morgan fingerprint density at radius 2 is 2.20 bits per heavy atom. The molecule has 2 nitrogen and oxygen atoms in total. The summed E-state index contributed by atoms with van der Waals surface area (Å²) in [6, 6.07) is 0.692. The standard InChI is InChI=1S/C7H17IN2/c1-4-7(9-2)5-6-10(3)8/h7,9H,4-6H2,1-3H3. The molecule has 0 radical (unpaired) electrons. The van der Waals surface area contributed by atoms with Gasteiger partial charge in [0, 0.05) is 35.5 Å². The molecule has 0 rings (SSSR count). The molecule has 0 aliphatic carbocycles. The van der Waals surface area contributed by atoms with Crippen molar-refractivity contribution >= 4 is 22.9 Å². The second-order valence-electron chi connectivity index (χ2n) is 2.51. The van der Waals surface area contributed by atoms with Crippen LogP contribution < -0.4 is 5.32 Å². The number of hydrogen-bond acceptors (Lipinski definition) is 2. The van der Waals surface area contributed by atoms with Crippen LogP contribution >= 0.6 is 22.9 Å². The fourth-order valence-corrected chi connectivity index (χ4v) is 1.16. The third-order valence-electron chi connectivity index (χ3n) is 1.69. The van der Waals surface area contributed by atoms with Crippen LogP contribution in [0.25, 0.3) is 0 Å². The molecule has 0 aliphatic rings. The lowest BCUT2D eigenvalue weighted by Gasteiger charge is -2.15. The Hall–Kier alpha value is 0.650. The fraction of sp³-hybridized carbons (Fsp3) is 1.00. The van der Waals surface area contributed by atoms with Gasteiger partial charge in [-0.05, 0) is 26.9 Å². The predicted octanol–water partition coefficient (Wildman–Crippen LogP) is 1.66. The van der Waals surface area contributed by atoms with Crippen molar-refractivity contribution in [2.24, 2.45) is 0 Å². The minimum absolute atomic E-state index is 0.692. The van der Waals surface area contributed by atoms with Crippen molar-refractivity contribution in [1.82, 2.24) is 8.43 Å². The van der Waals surface area contributed by atoms with E-state index in [4.69, 9.17) is 0 Å². The average Bonchev–Trinajstić information content (AvgIpc) is 1.90. The molecule has 0 saturated heterocycles. The van der Waals surface area contributed by atoms with Gasteiger partial charge in [-0.15, -0.1) is 0 Å². The molecule has 3 heteroatoms. The molecule has 0 bridgehead atoms. The van der Waals surface area contributed by atoms with Gasteiger partial charge >= 0.3 is 0 Å². The van der Waals surface area contributed by atoms with Crippen LogP contribution in [0.4, 0.5) is 0 Å². The Kier molecular flexibility index (Phi) is 6.78. The topological polar surface area (TPSA) is 15.3 Å². The largest absolute Gasteiger partial charge is 0.317 e. The molecule has 1 unspecified atom stereocenters. The molecule has 0 fully saturated rings. The minimum atomic E-state index is 0.692. The monoisotopic (exact) mass is 256 g/mol. The van der Waals surface area contributed by atoms with Crippen molar-refractivity contribution in [3.63, 3.8) is 0 Å². The lowest BCUT2D eigenvalue weighted by Crippen LogP contribution is -2.27. The van der Waals surface area contributed by atoms with Gasteiger partial charge in [-0.1, -0.05) is 6.92 Å². The smallest absolute Gasteiger partial charge is 0.0198 e. The average molecular weight is 256 g/mol. The lowest BCUT2D eigenvalue weighted by atomic mass is 10.1. The summed E-state index contributed by atoms with van der Waals surface area (Å²) >= 11 is 2.31. The molecule has 0 aromatic heterocycles. The Morgan fingerprint density at radius 3 is 2.50 bits per heavy atom. The van der Waals surface area contributed by atoms with E-state index in [2.05, 4.69) is 45.3 Å². The Bertz CT molecular complexity index is 72.0. The van der Waals surface area contributed by atoms with Crippen LogP contribution in [0, 0.1) is 0 Å². The molecule has 0 saturated carbocycles. The van der Waals surface area contributed by atoms with E-state index in [1.807, 2.05) is 7.05 Å². The van der Waals surface area contributed by atoms with Crippen molar-refractivity contribution in [1.29, 1.82) is 0 Å². The third-order valence-corrected chi connectivity index (χ3v) is 2.17. The van der Waals surface area contributed by atoms with E-state index in [0.29, 0.717) is 6.04 Å². The van der Waals surface area contributed by atoms with Gasteiger partial charge < -0.3 is 5.32 Å². The van der Waals surface area contributed by atoms with Gasteiger partial charge in [0.25, 0.3) is 0 Å². The van der Waals surface area contributed by atoms with E-state index in [0.717, 1.165) is 0 Å². The van der Waals surface area contributed by atoms with Crippen LogP contribution in [0.3, 0.4) is 0 Å². The van der Waals surface area contributed by atoms with Gasteiger partial charge in [-0.2, -0.15) is 0 Å². The lowest BCUT2D eigenvalue weighted by molar-refractivity contribution is 0.458. The maximum Gasteiger partial charge on any atom is 0.0198 e. The van der Waals surface area contributed by atoms with Crippen molar-refractivity contribution in [2.45, 2.75) is 25.8 Å². The maximum atomic E-state index is 3.28. The Morgan fingerprint density at radius 1 is 1.60 bits per heavy atom. The van der Waals surface area contributed by atoms with Crippen LogP contribution in [0.5, 0.6) is 0 Å². The molecule has 0 aromatic carbocycles. The normalized spacial score (nSPS) is 14.1. The number of halogens is 1. The van der Waals surface area contributed by atoms with Crippen molar-refractivity contribution in [3.05, 3.63) is 0 Å². The third kappa shape index (κ3) is 5.44. The highest BCUT2D eigenvalue weighted by Crippen LogP contribution is 2.00. The second-order valence-corrected chi connectivity index (χ2v) is 4.16. The summed E-state index contributed by atoms with van der Waals surface area (Å²) in [6.07, 6.45) is 2.47. The summed E-state index contributed by atoms with van der Waals surface area (Å²) in [4.78, 5) is 0. The summed E-state index contributed by atoms with van der Waals surface area (Å²) in [5, 5.41) is 3.28. The molecular weight excluding hydrogens is 239 g/mol. The Balaban J connectivity index is 3.26. The van der Waals surface area contributed by atoms with E-state index >= 15 is 0 Å². The van der Waals surface area contributed by atoms with E-state index in [1.54, 1.807) is 0 Å². The van der Waals surface area contributed by atoms with Crippen molar-refractivity contribution in [3.8, 4) is 0 Å². The molecule has 1 atom stereocenters. The summed E-state index contributed by atoms with van der Waals surface area (Å²) in [7, 11) is 4.13. The molecule has 0 heterocycles. The summed E-state index contributed by atoms with van der Waals surface area (Å²) in [5.74, 6) is 0. The highest BCUT2D eigenvalue weighted by molar-refractivity contribution is 14.1. The number of nitrogens with zero attached hydrogens (tertiary/aromatic N) is 1. The number of hydrogen-bond donors (Lipinski definition) is 1. The summed E-state index contributed by atoms with van der Waals surface area (Å²) in [6.45, 7) is 3.38. The highest BCUT2D eigenvalue weighted by Gasteiger charge is 2.02. The van der Waals surface area contributed by atoms with E-state index in [-0.39, 0.29) is 0 Å². The molecular formula is C7H17IN2. The number of rotatable bonds is 5. The summed E-state index contributed by atoms with van der Waals surface area (Å²) in [5.41, 5.74) is 0. The van der Waals surface area contributed by atoms with Gasteiger partial charge in [-0.25, -0.2) is 0 Å². The van der Waals surface area contributed by atoms with Crippen LogP contribution in [-0.4, -0.2) is 29.8 Å². The first-order valence-corrected chi connectivity index (χ1v) is 4.71. The first-order valence-electron chi connectivity index (χ1n) is 3.74. The van der Waals surface area contributed by atoms with Crippen molar-refractivity contribution in [2.75, 3.05) is 20.6 Å². The predicted molar refractivity (Wildman–Crippen MR) is 54.4 cm³/mol. The van der Waals surface area contributed by atoms with Gasteiger partial charge in [-0.3, -0.25) is 3.11 Å². The number of nitrogens with one attached hydrogen (secondary N) is 1. The maximum absolute atomic E-state index is 3.28. The quantitative estimate of drug-likeness (QED) is 0.594. The minimum Gasteiger partial charge on any atom is -0.317 e. The van der Waals surface area contributed by atoms with E-state index < -0.39 is 0 Å². The fourth-order valence-electron chi connectivity index (χ4n) is 0.886. The zero-order chi connectivity index (χ0) is 7.98. The zero-order valence-electron chi connectivity index (χ0n) is 7.02. The van der Waals surface area contributed by atoms with Crippen LogP contribution in [0.15, 0.2) is 0 Å². The first kappa shape index (κ1) is 10.7. The second kappa shape index (κ2) is 6.37. The Labute approximate surface area is 77.9 Å². The molecule has 1 N–H and O–H groups in total. The molecule has 0 spiro atoms. The van der Waals surface area contributed by atoms with E-state index in [1.165, 1.54) is 19.4 Å². The van der Waals surface area contributed by atoms with Gasteiger partial charge in [0.1, 0.15) is 0 Å². The van der Waals surface area contributed by atoms with Gasteiger partial charge in [0.05, 0.1) is 0 Å². The van der Waals surface area contributed by atoms with Crippen LogP contribution in [0.1, 0.15) is 19.8 Å². The van der Waals surface area contributed by atoms with Gasteiger partial charge in [0.2, 0.25) is 0 Å². The van der Waals surface area contributed by atoms with Crippen LogP contribution in [-0.2, 0) is 0 Å². The summed E-state index contributed by atoms with van der Waals surface area (Å²) < 4.78 is 2.19. The van der Waals surface area contributed by atoms with Crippen LogP contribution in [0.2, 0.25) is 0 Å². The molecule has 10 heavy (non-hydrogen) atoms. The highest BCUT2D eigenvalue weighted by atomic mass is 127. The SMILES string of the molecule is CCC(CCN(C)I)NC. The molecule has 0 aliphatic heterocycles. The zero-order valence-corrected chi connectivity index (χ0v) is 9.18. The molecule has 0 amide bonds. The molecule has 0 aromatic rings. The van der Waals surface area contributed by atoms with E-state index in [9.17, 15) is 0 Å². The first-order chi connectivity index (χ1) is 4.70. The van der Waals surface area contributed by atoms with Gasteiger partial charge in [0.15, 0.2) is 0 Å². The molecule has 62 valence electrons.